The van der Waals surface area contributed by atoms with Crippen LogP contribution in [0.2, 0.25) is 0 Å². The van der Waals surface area contributed by atoms with Crippen LogP contribution in [-0.4, -0.2) is 101 Å². The molecule has 0 saturated carbocycles. The number of aliphatic hydroxyl groups excluding tert-OH is 1. The van der Waals surface area contributed by atoms with Gasteiger partial charge in [0.25, 0.3) is 0 Å². The van der Waals surface area contributed by atoms with Crippen molar-refractivity contribution in [1.29, 1.82) is 0 Å². The highest BCUT2D eigenvalue weighted by atomic mass is 79.9. The summed E-state index contributed by atoms with van der Waals surface area (Å²) in [6.45, 7) is 6.28. The van der Waals surface area contributed by atoms with Gasteiger partial charge >= 0.3 is 5.97 Å². The number of esters is 1. The number of unbranched alkanes of at least 4 members (excludes halogenated alkanes) is 1. The molecule has 4 aliphatic heterocycles. The van der Waals surface area contributed by atoms with Crippen molar-refractivity contribution in [1.82, 2.24) is 15.1 Å². The predicted molar refractivity (Wildman–Crippen MR) is 172 cm³/mol. The van der Waals surface area contributed by atoms with Gasteiger partial charge in [-0.15, -0.1) is 0 Å². The molecule has 0 aromatic heterocycles. The first kappa shape index (κ1) is 34.3. The molecule has 0 aliphatic carbocycles. The first-order valence-electron chi connectivity index (χ1n) is 15.9. The number of cyclic esters (lactones) is 1. The van der Waals surface area contributed by atoms with E-state index >= 15 is 0 Å². The number of hydrogen-bond acceptors (Lipinski definition) is 8. The minimum absolute atomic E-state index is 0.0485. The van der Waals surface area contributed by atoms with Crippen LogP contribution < -0.4 is 5.32 Å². The summed E-state index contributed by atoms with van der Waals surface area (Å²) in [5.74, 6) is -3.62. The maximum atomic E-state index is 14.7. The number of amides is 3. The summed E-state index contributed by atoms with van der Waals surface area (Å²) >= 11 is 3.59. The number of nitrogens with zero attached hydrogens (tertiary/aromatic N) is 2. The fourth-order valence-corrected chi connectivity index (χ4v) is 7.88. The van der Waals surface area contributed by atoms with Crippen LogP contribution in [0.5, 0.6) is 0 Å². The maximum Gasteiger partial charge on any atom is 0.313 e. The van der Waals surface area contributed by atoms with E-state index in [0.717, 1.165) is 0 Å². The molecule has 5 rings (SSSR count). The van der Waals surface area contributed by atoms with Gasteiger partial charge in [-0.3, -0.25) is 19.2 Å². The molecular formula is C34H44BrN3O8. The van der Waals surface area contributed by atoms with Gasteiger partial charge < -0.3 is 34.4 Å². The van der Waals surface area contributed by atoms with Crippen LogP contribution in [0.4, 0.5) is 0 Å². The van der Waals surface area contributed by atoms with Crippen LogP contribution in [0.25, 0.3) is 0 Å². The lowest BCUT2D eigenvalue weighted by atomic mass is 9.74. The van der Waals surface area contributed by atoms with Crippen LogP contribution in [0.15, 0.2) is 53.0 Å². The average Bonchev–Trinajstić information content (AvgIpc) is 3.60. The van der Waals surface area contributed by atoms with Crippen LogP contribution in [0.3, 0.4) is 0 Å². The third-order valence-corrected chi connectivity index (χ3v) is 9.92. The van der Waals surface area contributed by atoms with Gasteiger partial charge in [-0.1, -0.05) is 58.4 Å². The molecule has 1 spiro atoms. The molecule has 0 unspecified atom stereocenters. The first-order chi connectivity index (χ1) is 21.9. The fraction of sp³-hybridized carbons (Fsp3) is 0.588. The first-order valence-corrected chi connectivity index (χ1v) is 16.7. The molecule has 0 radical (unpaired) electrons. The van der Waals surface area contributed by atoms with E-state index in [2.05, 4.69) is 21.2 Å². The lowest BCUT2D eigenvalue weighted by molar-refractivity contribution is -0.162. The zero-order valence-electron chi connectivity index (χ0n) is 26.8. The number of halogens is 1. The van der Waals surface area contributed by atoms with Gasteiger partial charge in [0, 0.05) is 43.2 Å². The summed E-state index contributed by atoms with van der Waals surface area (Å²) in [5, 5.41) is 12.5. The molecule has 4 heterocycles. The number of hydrogen-bond donors (Lipinski definition) is 2. The molecule has 46 heavy (non-hydrogen) atoms. The minimum Gasteiger partial charge on any atom is -0.455 e. The highest BCUT2D eigenvalue weighted by Gasteiger charge is 2.75. The summed E-state index contributed by atoms with van der Waals surface area (Å²) in [5.41, 5.74) is -1.37. The van der Waals surface area contributed by atoms with E-state index in [0.29, 0.717) is 29.3 Å². The van der Waals surface area contributed by atoms with E-state index in [1.807, 2.05) is 63.3 Å². The Morgan fingerprint density at radius 3 is 2.48 bits per heavy atom. The third-order valence-electron chi connectivity index (χ3n) is 9.24. The monoisotopic (exact) mass is 701 g/mol. The molecule has 2 fully saturated rings. The fourth-order valence-electron chi connectivity index (χ4n) is 7.15. The summed E-state index contributed by atoms with van der Waals surface area (Å²) in [6.07, 6.45) is 5.31. The Hall–Kier alpha value is -3.06. The second-order valence-electron chi connectivity index (χ2n) is 13.3. The Morgan fingerprint density at radius 2 is 1.80 bits per heavy atom. The molecule has 1 aromatic carbocycles. The maximum absolute atomic E-state index is 14.7. The zero-order valence-corrected chi connectivity index (χ0v) is 28.4. The number of nitrogens with one attached hydrogen (secondary N) is 1. The van der Waals surface area contributed by atoms with Gasteiger partial charge in [0.05, 0.1) is 18.6 Å². The van der Waals surface area contributed by atoms with E-state index in [9.17, 15) is 24.3 Å². The van der Waals surface area contributed by atoms with Gasteiger partial charge in [0.2, 0.25) is 17.7 Å². The van der Waals surface area contributed by atoms with Crippen molar-refractivity contribution in [2.45, 2.75) is 81.9 Å². The van der Waals surface area contributed by atoms with E-state index < -0.39 is 53.2 Å². The number of aliphatic hydroxyl groups is 1. The van der Waals surface area contributed by atoms with E-state index in [-0.39, 0.29) is 50.4 Å². The predicted octanol–water partition coefficient (Wildman–Crippen LogP) is 3.02. The number of benzene rings is 1. The van der Waals surface area contributed by atoms with Crippen molar-refractivity contribution >= 4 is 39.6 Å². The molecule has 3 amide bonds. The lowest BCUT2D eigenvalue weighted by Gasteiger charge is -2.41. The number of methoxy groups -OCH3 is 1. The number of carbonyl (C=O) groups is 4. The van der Waals surface area contributed by atoms with E-state index in [4.69, 9.17) is 14.2 Å². The van der Waals surface area contributed by atoms with Crippen LogP contribution in [0, 0.1) is 11.8 Å². The normalized spacial score (nSPS) is 32.7. The van der Waals surface area contributed by atoms with Crippen molar-refractivity contribution in [3.05, 3.63) is 58.6 Å². The minimum atomic E-state index is -1.40. The third kappa shape index (κ3) is 6.41. The summed E-state index contributed by atoms with van der Waals surface area (Å²) in [7, 11) is 1.51. The van der Waals surface area contributed by atoms with Gasteiger partial charge in [-0.25, -0.2) is 0 Å². The van der Waals surface area contributed by atoms with Crippen LogP contribution >= 0.6 is 15.9 Å². The largest absolute Gasteiger partial charge is 0.455 e. The number of likely N-dealkylation sites (tertiary alicyclic amines) is 1. The smallest absolute Gasteiger partial charge is 0.313 e. The molecule has 2 saturated heterocycles. The number of fused-ring (bicyclic) bond motifs is 2. The topological polar surface area (TPSA) is 135 Å². The SMILES string of the molecule is COC[C@H]1NC(=O)CC/C=C\CN(C(C)(C)C)C(=O)[C@@H]2N(CCCCO)C(=O)[C@H]3[C@H](C(=O)O[C@@H]1c1ccccc1)[C@H]1O[C@@]23C=C1Br. The molecule has 7 atom stereocenters. The molecule has 5 bridgehead atoms. The van der Waals surface area contributed by atoms with Crippen molar-refractivity contribution < 1.29 is 38.5 Å². The number of carbonyl (C=O) groups excluding carboxylic acids is 4. The standard InChI is InChI=1S/C34H44BrN3O8/c1-33(2,3)38-17-10-6-9-15-24(40)36-23(20-44-4)27(21-13-7-5-8-14-21)45-32(43)25-26-30(41)37(16-11-12-18-39)29(31(38)42)34(26)19-22(35)28(25)46-34/h5-8,10,13-14,19,23,25-29,39H,9,11-12,15-18,20H2,1-4H3,(H,36,40)/b10-6-/t23-,25+,26-,27-,28+,29+,34-/m1/s1. The second-order valence-corrected chi connectivity index (χ2v) is 14.2. The molecule has 250 valence electrons. The second kappa shape index (κ2) is 14.0. The average molecular weight is 703 g/mol. The Bertz CT molecular complexity index is 1380. The Labute approximate surface area is 278 Å². The Morgan fingerprint density at radius 1 is 1.07 bits per heavy atom. The van der Waals surface area contributed by atoms with E-state index in [1.165, 1.54) is 12.0 Å². The van der Waals surface area contributed by atoms with Gasteiger partial charge in [0.15, 0.2) is 0 Å². The van der Waals surface area contributed by atoms with E-state index in [1.54, 1.807) is 11.0 Å². The summed E-state index contributed by atoms with van der Waals surface area (Å²) < 4.78 is 18.9. The van der Waals surface area contributed by atoms with Crippen molar-refractivity contribution in [2.24, 2.45) is 11.8 Å². The number of ether oxygens (including phenoxy) is 3. The van der Waals surface area contributed by atoms with Gasteiger partial charge in [-0.2, -0.15) is 0 Å². The summed E-state index contributed by atoms with van der Waals surface area (Å²) in [4.78, 5) is 59.8. The van der Waals surface area contributed by atoms with Crippen molar-refractivity contribution in [2.75, 3.05) is 33.4 Å². The Kier molecular flexibility index (Phi) is 10.4. The summed E-state index contributed by atoms with van der Waals surface area (Å²) in [6, 6.07) is 7.36. The van der Waals surface area contributed by atoms with Crippen molar-refractivity contribution in [3.63, 3.8) is 0 Å². The zero-order chi connectivity index (χ0) is 33.2. The molecule has 2 N–H and O–H groups in total. The molecule has 4 aliphatic rings. The van der Waals surface area contributed by atoms with Gasteiger partial charge in [0.1, 0.15) is 29.8 Å². The van der Waals surface area contributed by atoms with Crippen molar-refractivity contribution in [3.8, 4) is 0 Å². The lowest BCUT2D eigenvalue weighted by Crippen LogP contribution is -2.59. The Balaban J connectivity index is 1.62. The highest BCUT2D eigenvalue weighted by Crippen LogP contribution is 2.59. The molecule has 1 aromatic rings. The number of allylic oxidation sites excluding steroid dienone is 1. The van der Waals surface area contributed by atoms with Crippen LogP contribution in [0.1, 0.15) is 58.1 Å². The molecule has 11 nitrogen and oxygen atoms in total. The number of rotatable bonds is 7. The molecule has 12 heteroatoms. The highest BCUT2D eigenvalue weighted by molar-refractivity contribution is 9.11. The molecular weight excluding hydrogens is 658 g/mol. The van der Waals surface area contributed by atoms with Gasteiger partial charge in [-0.05, 0) is 51.7 Å². The quantitative estimate of drug-likeness (QED) is 0.252. The van der Waals surface area contributed by atoms with Crippen LogP contribution in [-0.2, 0) is 33.4 Å².